The first-order chi connectivity index (χ1) is 14.4. The van der Waals surface area contributed by atoms with Crippen LogP contribution in [0.2, 0.25) is 5.02 Å². The molecular formula is C23H26ClIN2O3. The van der Waals surface area contributed by atoms with E-state index in [9.17, 15) is 9.59 Å². The molecule has 3 rings (SSSR count). The van der Waals surface area contributed by atoms with E-state index >= 15 is 0 Å². The number of carbonyl (C=O) groups is 2. The Kier molecular flexibility index (Phi) is 8.39. The molecule has 160 valence electrons. The molecule has 0 radical (unpaired) electrons. The molecule has 1 aliphatic rings. The van der Waals surface area contributed by atoms with E-state index in [0.717, 1.165) is 34.8 Å². The van der Waals surface area contributed by atoms with Crippen molar-refractivity contribution in [3.8, 4) is 5.75 Å². The summed E-state index contributed by atoms with van der Waals surface area (Å²) in [6.45, 7) is 1.95. The molecule has 0 aromatic heterocycles. The van der Waals surface area contributed by atoms with Crippen molar-refractivity contribution in [1.29, 1.82) is 0 Å². The number of ether oxygens (including phenoxy) is 1. The quantitative estimate of drug-likeness (QED) is 0.490. The predicted molar refractivity (Wildman–Crippen MR) is 127 cm³/mol. The normalized spacial score (nSPS) is 14.9. The van der Waals surface area contributed by atoms with Crippen LogP contribution in [0.3, 0.4) is 0 Å². The minimum absolute atomic E-state index is 0.126. The maximum atomic E-state index is 13.0. The van der Waals surface area contributed by atoms with Gasteiger partial charge in [0.15, 0.2) is 6.61 Å². The predicted octanol–water partition coefficient (Wildman–Crippen LogP) is 4.80. The van der Waals surface area contributed by atoms with Crippen LogP contribution in [0.15, 0.2) is 48.5 Å². The number of nitrogens with zero attached hydrogens (tertiary/aromatic N) is 1. The van der Waals surface area contributed by atoms with E-state index in [1.807, 2.05) is 36.4 Å². The highest BCUT2D eigenvalue weighted by Gasteiger charge is 2.28. The number of hydrogen-bond acceptors (Lipinski definition) is 3. The largest absolute Gasteiger partial charge is 0.484 e. The fraction of sp³-hybridized carbons (Fsp3) is 0.391. The van der Waals surface area contributed by atoms with Gasteiger partial charge in [-0.15, -0.1) is 0 Å². The van der Waals surface area contributed by atoms with Crippen LogP contribution >= 0.6 is 34.2 Å². The van der Waals surface area contributed by atoms with E-state index in [1.54, 1.807) is 24.0 Å². The molecule has 1 aliphatic carbocycles. The van der Waals surface area contributed by atoms with Gasteiger partial charge in [-0.2, -0.15) is 0 Å². The lowest BCUT2D eigenvalue weighted by Crippen LogP contribution is -2.50. The molecule has 2 amide bonds. The summed E-state index contributed by atoms with van der Waals surface area (Å²) in [7, 11) is 0. The fourth-order valence-electron chi connectivity index (χ4n) is 3.52. The summed E-state index contributed by atoms with van der Waals surface area (Å²) in [6, 6.07) is 14.4. The summed E-state index contributed by atoms with van der Waals surface area (Å²) < 4.78 is 6.77. The summed E-state index contributed by atoms with van der Waals surface area (Å²) in [4.78, 5) is 27.4. The van der Waals surface area contributed by atoms with Crippen LogP contribution in [-0.4, -0.2) is 35.4 Å². The molecule has 2 aromatic carbocycles. The highest BCUT2D eigenvalue weighted by atomic mass is 127. The number of hydrogen-bond donors (Lipinski definition) is 1. The van der Waals surface area contributed by atoms with Crippen LogP contribution in [0.5, 0.6) is 5.75 Å². The third-order valence-electron chi connectivity index (χ3n) is 5.31. The Bertz CT molecular complexity index is 852. The zero-order valence-corrected chi connectivity index (χ0v) is 19.9. The summed E-state index contributed by atoms with van der Waals surface area (Å²) in [5.41, 5.74) is 0.905. The number of nitrogens with one attached hydrogen (secondary N) is 1. The van der Waals surface area contributed by atoms with Crippen LogP contribution < -0.4 is 10.1 Å². The van der Waals surface area contributed by atoms with E-state index in [0.29, 0.717) is 17.3 Å². The maximum absolute atomic E-state index is 13.0. The van der Waals surface area contributed by atoms with E-state index in [4.69, 9.17) is 16.3 Å². The van der Waals surface area contributed by atoms with Gasteiger partial charge in [0.05, 0.1) is 0 Å². The van der Waals surface area contributed by atoms with Crippen molar-refractivity contribution in [3.63, 3.8) is 0 Å². The molecule has 30 heavy (non-hydrogen) atoms. The molecule has 0 bridgehead atoms. The Balaban J connectivity index is 1.69. The van der Waals surface area contributed by atoms with Crippen molar-refractivity contribution < 1.29 is 14.3 Å². The lowest BCUT2D eigenvalue weighted by molar-refractivity contribution is -0.142. The van der Waals surface area contributed by atoms with E-state index < -0.39 is 6.04 Å². The fourth-order valence-corrected chi connectivity index (χ4v) is 4.01. The monoisotopic (exact) mass is 540 g/mol. The molecule has 1 unspecified atom stereocenters. The third-order valence-corrected chi connectivity index (χ3v) is 6.28. The highest BCUT2D eigenvalue weighted by molar-refractivity contribution is 14.1. The minimum Gasteiger partial charge on any atom is -0.484 e. The van der Waals surface area contributed by atoms with Gasteiger partial charge in [-0.1, -0.05) is 36.6 Å². The van der Waals surface area contributed by atoms with E-state index in [-0.39, 0.29) is 24.5 Å². The van der Waals surface area contributed by atoms with Crippen LogP contribution in [0.4, 0.5) is 0 Å². The molecule has 7 heteroatoms. The molecule has 0 saturated heterocycles. The average Bonchev–Trinajstić information content (AvgIpc) is 3.25. The van der Waals surface area contributed by atoms with Crippen LogP contribution in [0.1, 0.15) is 38.2 Å². The number of rotatable bonds is 8. The van der Waals surface area contributed by atoms with Crippen LogP contribution in [-0.2, 0) is 16.1 Å². The van der Waals surface area contributed by atoms with Crippen molar-refractivity contribution in [2.24, 2.45) is 0 Å². The van der Waals surface area contributed by atoms with Gasteiger partial charge in [0.2, 0.25) is 5.91 Å². The summed E-state index contributed by atoms with van der Waals surface area (Å²) in [5, 5.41) is 3.72. The van der Waals surface area contributed by atoms with Gasteiger partial charge >= 0.3 is 0 Å². The molecule has 1 N–H and O–H groups in total. The van der Waals surface area contributed by atoms with Gasteiger partial charge in [0.1, 0.15) is 11.8 Å². The minimum atomic E-state index is -0.603. The number of amides is 2. The van der Waals surface area contributed by atoms with Gasteiger partial charge in [-0.25, -0.2) is 0 Å². The SMILES string of the molecule is CC(C(=O)NC1CCCC1)N(Cc1ccc(Cl)cc1)C(=O)COc1ccc(I)cc1. The molecular weight excluding hydrogens is 515 g/mol. The number of halogens is 2. The van der Waals surface area contributed by atoms with Gasteiger partial charge in [-0.3, -0.25) is 9.59 Å². The van der Waals surface area contributed by atoms with Crippen LogP contribution in [0.25, 0.3) is 0 Å². The first-order valence-electron chi connectivity index (χ1n) is 10.1. The van der Waals surface area contributed by atoms with Crippen molar-refractivity contribution in [2.45, 2.75) is 51.2 Å². The standard InChI is InChI=1S/C23H26ClIN2O3/c1-16(23(29)26-20-4-2-3-5-20)27(14-17-6-8-18(24)9-7-17)22(28)15-30-21-12-10-19(25)11-13-21/h6-13,16,20H,2-5,14-15H2,1H3,(H,26,29). The zero-order valence-electron chi connectivity index (χ0n) is 16.9. The maximum Gasteiger partial charge on any atom is 0.261 e. The van der Waals surface area contributed by atoms with Crippen LogP contribution in [0, 0.1) is 3.57 Å². The lowest BCUT2D eigenvalue weighted by Gasteiger charge is -2.29. The Morgan fingerprint density at radius 3 is 2.40 bits per heavy atom. The molecule has 0 aliphatic heterocycles. The molecule has 1 fully saturated rings. The molecule has 5 nitrogen and oxygen atoms in total. The second kappa shape index (κ2) is 11.0. The van der Waals surface area contributed by atoms with E-state index in [1.165, 1.54) is 0 Å². The van der Waals surface area contributed by atoms with Crippen molar-refractivity contribution >= 4 is 46.0 Å². The molecule has 0 heterocycles. The van der Waals surface area contributed by atoms with Crippen molar-refractivity contribution in [1.82, 2.24) is 10.2 Å². The first-order valence-corrected chi connectivity index (χ1v) is 11.6. The molecule has 0 spiro atoms. The number of carbonyl (C=O) groups excluding carboxylic acids is 2. The molecule has 1 atom stereocenters. The average molecular weight is 541 g/mol. The Morgan fingerprint density at radius 2 is 1.77 bits per heavy atom. The van der Waals surface area contributed by atoms with Gasteiger partial charge in [-0.05, 0) is 84.3 Å². The van der Waals surface area contributed by atoms with Gasteiger partial charge in [0, 0.05) is 21.2 Å². The van der Waals surface area contributed by atoms with Crippen molar-refractivity contribution in [3.05, 3.63) is 62.7 Å². The van der Waals surface area contributed by atoms with Gasteiger partial charge < -0.3 is 15.0 Å². The summed E-state index contributed by atoms with van der Waals surface area (Å²) >= 11 is 8.20. The number of benzene rings is 2. The summed E-state index contributed by atoms with van der Waals surface area (Å²) in [5.74, 6) is 0.259. The van der Waals surface area contributed by atoms with E-state index in [2.05, 4.69) is 27.9 Å². The second-order valence-corrected chi connectivity index (χ2v) is 9.24. The topological polar surface area (TPSA) is 58.6 Å². The Morgan fingerprint density at radius 1 is 1.13 bits per heavy atom. The molecule has 1 saturated carbocycles. The Labute approximate surface area is 196 Å². The lowest BCUT2D eigenvalue weighted by atomic mass is 10.1. The van der Waals surface area contributed by atoms with Crippen molar-refractivity contribution in [2.75, 3.05) is 6.61 Å². The second-order valence-electron chi connectivity index (χ2n) is 7.56. The highest BCUT2D eigenvalue weighted by Crippen LogP contribution is 2.19. The smallest absolute Gasteiger partial charge is 0.261 e. The molecule has 2 aromatic rings. The Hall–Kier alpha value is -1.80. The van der Waals surface area contributed by atoms with Gasteiger partial charge in [0.25, 0.3) is 5.91 Å². The third kappa shape index (κ3) is 6.60. The first kappa shape index (κ1) is 22.9. The zero-order chi connectivity index (χ0) is 21.5. The summed E-state index contributed by atoms with van der Waals surface area (Å²) in [6.07, 6.45) is 4.27.